The van der Waals surface area contributed by atoms with Gasteiger partial charge < -0.3 is 15.5 Å². The highest BCUT2D eigenvalue weighted by Crippen LogP contribution is 2.36. The quantitative estimate of drug-likeness (QED) is 0.444. The summed E-state index contributed by atoms with van der Waals surface area (Å²) in [5.41, 5.74) is 10.2. The first kappa shape index (κ1) is 23.8. The van der Waals surface area contributed by atoms with E-state index in [1.54, 1.807) is 28.8 Å². The first-order valence-electron chi connectivity index (χ1n) is 11.7. The molecule has 10 heteroatoms. The van der Waals surface area contributed by atoms with Crippen LogP contribution in [-0.4, -0.2) is 66.3 Å². The highest BCUT2D eigenvalue weighted by Gasteiger charge is 2.29. The van der Waals surface area contributed by atoms with E-state index in [4.69, 9.17) is 5.73 Å². The van der Waals surface area contributed by atoms with Gasteiger partial charge in [-0.25, -0.2) is 17.9 Å². The largest absolute Gasteiger partial charge is 0.382 e. The van der Waals surface area contributed by atoms with Gasteiger partial charge in [-0.1, -0.05) is 30.3 Å². The molecule has 2 aromatic carbocycles. The third-order valence-electron chi connectivity index (χ3n) is 6.77. The van der Waals surface area contributed by atoms with Crippen LogP contribution in [0.2, 0.25) is 0 Å². The molecule has 9 nitrogen and oxygen atoms in total. The van der Waals surface area contributed by atoms with E-state index < -0.39 is 9.84 Å². The van der Waals surface area contributed by atoms with Crippen LogP contribution in [0, 0.1) is 0 Å². The molecule has 186 valence electrons. The van der Waals surface area contributed by atoms with Crippen molar-refractivity contribution in [2.75, 3.05) is 37.0 Å². The summed E-state index contributed by atoms with van der Waals surface area (Å²) in [6.45, 7) is 1.46. The van der Waals surface area contributed by atoms with Crippen molar-refractivity contribution < 1.29 is 13.2 Å². The molecular formula is C26H28N6O3S. The fraction of sp³-hybridized carbons (Fsp3) is 0.269. The summed E-state index contributed by atoms with van der Waals surface area (Å²) in [6, 6.07) is 18.1. The number of nitrogens with zero attached hydrogens (tertiary/aromatic N) is 5. The van der Waals surface area contributed by atoms with Crippen molar-refractivity contribution in [3.63, 3.8) is 0 Å². The Balaban J connectivity index is 1.49. The number of sulfone groups is 1. The maximum absolute atomic E-state index is 13.1. The second-order valence-corrected chi connectivity index (χ2v) is 11.2. The van der Waals surface area contributed by atoms with Crippen LogP contribution < -0.4 is 10.6 Å². The summed E-state index contributed by atoms with van der Waals surface area (Å²) in [7, 11) is -1.44. The van der Waals surface area contributed by atoms with Crippen LogP contribution >= 0.6 is 0 Å². The number of carbonyl (C=O) groups excluding carboxylic acids is 1. The maximum atomic E-state index is 13.1. The van der Waals surface area contributed by atoms with Crippen LogP contribution in [-0.2, 0) is 9.84 Å². The zero-order valence-corrected chi connectivity index (χ0v) is 21.0. The lowest BCUT2D eigenvalue weighted by molar-refractivity contribution is 0.0717. The Kier molecular flexibility index (Phi) is 6.13. The summed E-state index contributed by atoms with van der Waals surface area (Å²) < 4.78 is 25.5. The maximum Gasteiger partial charge on any atom is 0.253 e. The Morgan fingerprint density at radius 1 is 1.11 bits per heavy atom. The van der Waals surface area contributed by atoms with Gasteiger partial charge in [0.2, 0.25) is 0 Å². The van der Waals surface area contributed by atoms with Gasteiger partial charge in [-0.3, -0.25) is 4.79 Å². The molecule has 5 rings (SSSR count). The summed E-state index contributed by atoms with van der Waals surface area (Å²) in [6.07, 6.45) is 4.42. The predicted molar refractivity (Wildman–Crippen MR) is 140 cm³/mol. The molecule has 4 aromatic rings. The molecule has 36 heavy (non-hydrogen) atoms. The second-order valence-electron chi connectivity index (χ2n) is 9.14. The SMILES string of the molecule is CN(C(=O)c1ccccc1)[C@@H]1CCCN(c2cc(-c3ccc(S(C)(=O)=O)cc3)n3ncnc(N)c23)C1. The van der Waals surface area contributed by atoms with Gasteiger partial charge in [-0.05, 0) is 43.2 Å². The number of amides is 1. The number of rotatable bonds is 5. The van der Waals surface area contributed by atoms with Gasteiger partial charge in [0.25, 0.3) is 5.91 Å². The molecule has 1 aliphatic heterocycles. The molecule has 1 atom stereocenters. The van der Waals surface area contributed by atoms with Gasteiger partial charge in [-0.15, -0.1) is 0 Å². The molecule has 1 saturated heterocycles. The number of hydrogen-bond acceptors (Lipinski definition) is 7. The molecule has 1 aliphatic rings. The van der Waals surface area contributed by atoms with E-state index in [0.29, 0.717) is 23.4 Å². The minimum absolute atomic E-state index is 0.00121. The number of nitrogen functional groups attached to an aromatic ring is 1. The van der Waals surface area contributed by atoms with E-state index in [2.05, 4.69) is 15.0 Å². The van der Waals surface area contributed by atoms with Crippen LogP contribution in [0.5, 0.6) is 0 Å². The van der Waals surface area contributed by atoms with Crippen LogP contribution in [0.4, 0.5) is 11.5 Å². The van der Waals surface area contributed by atoms with E-state index >= 15 is 0 Å². The third kappa shape index (κ3) is 4.39. The van der Waals surface area contributed by atoms with Crippen molar-refractivity contribution in [2.24, 2.45) is 0 Å². The molecule has 1 amide bonds. The summed E-state index contributed by atoms with van der Waals surface area (Å²) >= 11 is 0. The lowest BCUT2D eigenvalue weighted by Crippen LogP contribution is -2.48. The van der Waals surface area contributed by atoms with Crippen molar-refractivity contribution in [3.05, 3.63) is 72.6 Å². The van der Waals surface area contributed by atoms with Gasteiger partial charge >= 0.3 is 0 Å². The number of benzene rings is 2. The Morgan fingerprint density at radius 2 is 1.83 bits per heavy atom. The number of aromatic nitrogens is 3. The average Bonchev–Trinajstić information content (AvgIpc) is 3.29. The molecule has 0 bridgehead atoms. The minimum Gasteiger partial charge on any atom is -0.382 e. The molecule has 0 spiro atoms. The zero-order chi connectivity index (χ0) is 25.4. The van der Waals surface area contributed by atoms with E-state index in [9.17, 15) is 13.2 Å². The molecule has 2 aromatic heterocycles. The van der Waals surface area contributed by atoms with Gasteiger partial charge in [0.15, 0.2) is 15.7 Å². The summed E-state index contributed by atoms with van der Waals surface area (Å²) in [5, 5.41) is 4.44. The first-order chi connectivity index (χ1) is 17.2. The Labute approximate surface area is 210 Å². The molecule has 1 fully saturated rings. The van der Waals surface area contributed by atoms with Crippen molar-refractivity contribution in [1.29, 1.82) is 0 Å². The van der Waals surface area contributed by atoms with E-state index in [1.807, 2.05) is 48.3 Å². The smallest absolute Gasteiger partial charge is 0.253 e. The molecule has 0 aliphatic carbocycles. The van der Waals surface area contributed by atoms with Crippen molar-refractivity contribution in [2.45, 2.75) is 23.8 Å². The predicted octanol–water partition coefficient (Wildman–Crippen LogP) is 3.12. The lowest BCUT2D eigenvalue weighted by atomic mass is 10.0. The summed E-state index contributed by atoms with van der Waals surface area (Å²) in [5.74, 6) is 0.355. The monoisotopic (exact) mass is 504 g/mol. The minimum atomic E-state index is -3.30. The van der Waals surface area contributed by atoms with Gasteiger partial charge in [-0.2, -0.15) is 5.10 Å². The van der Waals surface area contributed by atoms with Crippen molar-refractivity contribution in [1.82, 2.24) is 19.5 Å². The van der Waals surface area contributed by atoms with Crippen molar-refractivity contribution in [3.8, 4) is 11.3 Å². The third-order valence-corrected chi connectivity index (χ3v) is 7.90. The fourth-order valence-electron chi connectivity index (χ4n) is 4.81. The number of hydrogen-bond donors (Lipinski definition) is 1. The Bertz CT molecular complexity index is 1520. The molecule has 0 radical (unpaired) electrons. The Hall–Kier alpha value is -3.92. The van der Waals surface area contributed by atoms with E-state index in [0.717, 1.165) is 36.3 Å². The topological polar surface area (TPSA) is 114 Å². The zero-order valence-electron chi connectivity index (χ0n) is 20.2. The van der Waals surface area contributed by atoms with Gasteiger partial charge in [0.05, 0.1) is 16.3 Å². The first-order valence-corrected chi connectivity index (χ1v) is 13.6. The fourth-order valence-corrected chi connectivity index (χ4v) is 5.44. The number of nitrogens with two attached hydrogens (primary N) is 1. The molecular weight excluding hydrogens is 476 g/mol. The number of anilines is 2. The molecule has 0 saturated carbocycles. The number of carbonyl (C=O) groups is 1. The number of piperidine rings is 1. The van der Waals surface area contributed by atoms with Gasteiger partial charge in [0.1, 0.15) is 11.8 Å². The van der Waals surface area contributed by atoms with E-state index in [1.165, 1.54) is 12.6 Å². The standard InChI is InChI=1S/C26H28N6O3S/c1-30(26(33)19-7-4-3-5-8-19)20-9-6-14-31(16-20)23-15-22(32-24(23)25(27)28-17-29-32)18-10-12-21(13-11-18)36(2,34)35/h3-5,7-8,10-13,15,17,20H,6,9,14,16H2,1-2H3,(H2,27,28,29)/t20-/m1/s1. The van der Waals surface area contributed by atoms with Crippen LogP contribution in [0.3, 0.4) is 0 Å². The molecule has 3 heterocycles. The highest BCUT2D eigenvalue weighted by molar-refractivity contribution is 7.90. The normalized spacial score (nSPS) is 16.3. The number of likely N-dealkylation sites (N-methyl/N-ethyl adjacent to an activating group) is 1. The average molecular weight is 505 g/mol. The molecule has 0 unspecified atom stereocenters. The second kappa shape index (κ2) is 9.27. The lowest BCUT2D eigenvalue weighted by Gasteiger charge is -2.38. The number of fused-ring (bicyclic) bond motifs is 1. The molecule has 2 N–H and O–H groups in total. The van der Waals surface area contributed by atoms with Crippen LogP contribution in [0.25, 0.3) is 16.8 Å². The van der Waals surface area contributed by atoms with Crippen LogP contribution in [0.15, 0.2) is 71.9 Å². The van der Waals surface area contributed by atoms with E-state index in [-0.39, 0.29) is 16.8 Å². The Morgan fingerprint density at radius 3 is 2.53 bits per heavy atom. The highest BCUT2D eigenvalue weighted by atomic mass is 32.2. The van der Waals surface area contributed by atoms with Gasteiger partial charge in [0, 0.05) is 43.6 Å². The van der Waals surface area contributed by atoms with Crippen molar-refractivity contribution >= 4 is 32.8 Å². The summed E-state index contributed by atoms with van der Waals surface area (Å²) in [4.78, 5) is 21.6. The van der Waals surface area contributed by atoms with Crippen LogP contribution in [0.1, 0.15) is 23.2 Å².